The standard InChI is InChI=1S/C14H17N3O2/c1-3-17-10-11(9-16-17)8-15-14(18)12-5-4-6-13(7-12)19-2/h4-7,9-10H,3,8H2,1-2H3,(H,15,18). The molecule has 1 aromatic heterocycles. The maximum atomic E-state index is 12.0. The van der Waals surface area contributed by atoms with E-state index in [0.717, 1.165) is 12.1 Å². The van der Waals surface area contributed by atoms with E-state index in [-0.39, 0.29) is 5.91 Å². The SMILES string of the molecule is CCn1cc(CNC(=O)c2cccc(OC)c2)cn1. The Balaban J connectivity index is 1.96. The average molecular weight is 259 g/mol. The zero-order chi connectivity index (χ0) is 13.7. The maximum Gasteiger partial charge on any atom is 0.251 e. The number of aromatic nitrogens is 2. The molecule has 100 valence electrons. The Bertz CT molecular complexity index is 563. The van der Waals surface area contributed by atoms with E-state index >= 15 is 0 Å². The molecule has 0 saturated heterocycles. The second kappa shape index (κ2) is 6.04. The summed E-state index contributed by atoms with van der Waals surface area (Å²) in [6.45, 7) is 3.31. The Hall–Kier alpha value is -2.30. The summed E-state index contributed by atoms with van der Waals surface area (Å²) in [6, 6.07) is 7.07. The van der Waals surface area contributed by atoms with E-state index < -0.39 is 0 Å². The van der Waals surface area contributed by atoms with Crippen molar-refractivity contribution in [3.8, 4) is 5.75 Å². The topological polar surface area (TPSA) is 56.2 Å². The summed E-state index contributed by atoms with van der Waals surface area (Å²) in [7, 11) is 1.58. The number of amides is 1. The fraction of sp³-hybridized carbons (Fsp3) is 0.286. The molecule has 0 aliphatic rings. The lowest BCUT2D eigenvalue weighted by Gasteiger charge is -2.05. The van der Waals surface area contributed by atoms with Gasteiger partial charge in [0.25, 0.3) is 5.91 Å². The molecule has 1 amide bonds. The highest BCUT2D eigenvalue weighted by Gasteiger charge is 2.06. The number of methoxy groups -OCH3 is 1. The predicted molar refractivity (Wildman–Crippen MR) is 72.1 cm³/mol. The van der Waals surface area contributed by atoms with Crippen molar-refractivity contribution in [2.45, 2.75) is 20.0 Å². The van der Waals surface area contributed by atoms with E-state index in [2.05, 4.69) is 10.4 Å². The van der Waals surface area contributed by atoms with Crippen LogP contribution in [-0.4, -0.2) is 22.8 Å². The third kappa shape index (κ3) is 3.34. The number of carbonyl (C=O) groups is 1. The monoisotopic (exact) mass is 259 g/mol. The van der Waals surface area contributed by atoms with Crippen molar-refractivity contribution in [1.29, 1.82) is 0 Å². The molecule has 5 nitrogen and oxygen atoms in total. The van der Waals surface area contributed by atoms with Gasteiger partial charge in [-0.3, -0.25) is 9.48 Å². The van der Waals surface area contributed by atoms with Gasteiger partial charge in [0.05, 0.1) is 13.3 Å². The van der Waals surface area contributed by atoms with Gasteiger partial charge in [0, 0.05) is 30.4 Å². The number of carbonyl (C=O) groups excluding carboxylic acids is 1. The van der Waals surface area contributed by atoms with E-state index in [4.69, 9.17) is 4.74 Å². The van der Waals surface area contributed by atoms with Crippen LogP contribution in [0.2, 0.25) is 0 Å². The minimum atomic E-state index is -0.122. The molecule has 0 aliphatic heterocycles. The number of benzene rings is 1. The van der Waals surface area contributed by atoms with Crippen LogP contribution in [-0.2, 0) is 13.1 Å². The molecule has 19 heavy (non-hydrogen) atoms. The Morgan fingerprint density at radius 1 is 1.47 bits per heavy atom. The van der Waals surface area contributed by atoms with E-state index in [1.807, 2.05) is 23.9 Å². The number of rotatable bonds is 5. The van der Waals surface area contributed by atoms with Gasteiger partial charge in [-0.2, -0.15) is 5.10 Å². The molecule has 0 unspecified atom stereocenters. The third-order valence-corrected chi connectivity index (χ3v) is 2.80. The van der Waals surface area contributed by atoms with Crippen LogP contribution in [0.25, 0.3) is 0 Å². The number of ether oxygens (including phenoxy) is 1. The van der Waals surface area contributed by atoms with Crippen LogP contribution in [0.15, 0.2) is 36.7 Å². The van der Waals surface area contributed by atoms with Gasteiger partial charge in [-0.05, 0) is 25.1 Å². The molecular weight excluding hydrogens is 242 g/mol. The summed E-state index contributed by atoms with van der Waals surface area (Å²) in [5.41, 5.74) is 1.57. The summed E-state index contributed by atoms with van der Waals surface area (Å²) in [5, 5.41) is 7.01. The highest BCUT2D eigenvalue weighted by atomic mass is 16.5. The Kier molecular flexibility index (Phi) is 4.18. The first-order valence-electron chi connectivity index (χ1n) is 6.16. The second-order valence-electron chi connectivity index (χ2n) is 4.12. The molecule has 0 atom stereocenters. The Morgan fingerprint density at radius 3 is 3.00 bits per heavy atom. The van der Waals surface area contributed by atoms with Crippen LogP contribution in [0.1, 0.15) is 22.8 Å². The summed E-state index contributed by atoms with van der Waals surface area (Å²) < 4.78 is 6.92. The van der Waals surface area contributed by atoms with Crippen LogP contribution in [0, 0.1) is 0 Å². The van der Waals surface area contributed by atoms with Crippen molar-refractivity contribution in [1.82, 2.24) is 15.1 Å². The van der Waals surface area contributed by atoms with E-state index in [9.17, 15) is 4.79 Å². The minimum Gasteiger partial charge on any atom is -0.497 e. The van der Waals surface area contributed by atoms with Gasteiger partial charge in [-0.25, -0.2) is 0 Å². The molecule has 0 aliphatic carbocycles. The van der Waals surface area contributed by atoms with E-state index in [1.54, 1.807) is 31.5 Å². The molecule has 2 aromatic rings. The summed E-state index contributed by atoms with van der Waals surface area (Å²) in [6.07, 6.45) is 3.68. The molecule has 5 heteroatoms. The normalized spacial score (nSPS) is 10.2. The van der Waals surface area contributed by atoms with Crippen LogP contribution in [0.3, 0.4) is 0 Å². The summed E-state index contributed by atoms with van der Waals surface area (Å²) in [5.74, 6) is 0.551. The first kappa shape index (κ1) is 13.1. The molecular formula is C14H17N3O2. The smallest absolute Gasteiger partial charge is 0.251 e. The fourth-order valence-corrected chi connectivity index (χ4v) is 1.72. The highest BCUT2D eigenvalue weighted by Crippen LogP contribution is 2.12. The molecule has 1 N–H and O–H groups in total. The van der Waals surface area contributed by atoms with Gasteiger partial charge in [-0.1, -0.05) is 6.07 Å². The van der Waals surface area contributed by atoms with Gasteiger partial charge in [0.1, 0.15) is 5.75 Å². The number of hydrogen-bond donors (Lipinski definition) is 1. The second-order valence-corrected chi connectivity index (χ2v) is 4.12. The predicted octanol–water partition coefficient (Wildman–Crippen LogP) is 1.84. The number of hydrogen-bond acceptors (Lipinski definition) is 3. The maximum absolute atomic E-state index is 12.0. The van der Waals surface area contributed by atoms with Crippen molar-refractivity contribution in [3.63, 3.8) is 0 Å². The largest absolute Gasteiger partial charge is 0.497 e. The number of nitrogens with one attached hydrogen (secondary N) is 1. The fourth-order valence-electron chi connectivity index (χ4n) is 1.72. The third-order valence-electron chi connectivity index (χ3n) is 2.80. The van der Waals surface area contributed by atoms with E-state index in [0.29, 0.717) is 17.9 Å². The van der Waals surface area contributed by atoms with Gasteiger partial charge in [0.15, 0.2) is 0 Å². The quantitative estimate of drug-likeness (QED) is 0.891. The number of nitrogens with zero attached hydrogens (tertiary/aromatic N) is 2. The molecule has 0 bridgehead atoms. The van der Waals surface area contributed by atoms with E-state index in [1.165, 1.54) is 0 Å². The van der Waals surface area contributed by atoms with Gasteiger partial charge in [-0.15, -0.1) is 0 Å². The Morgan fingerprint density at radius 2 is 2.32 bits per heavy atom. The zero-order valence-corrected chi connectivity index (χ0v) is 11.1. The summed E-state index contributed by atoms with van der Waals surface area (Å²) >= 11 is 0. The highest BCUT2D eigenvalue weighted by molar-refractivity contribution is 5.94. The van der Waals surface area contributed by atoms with Crippen molar-refractivity contribution in [2.24, 2.45) is 0 Å². The molecule has 0 fully saturated rings. The summed E-state index contributed by atoms with van der Waals surface area (Å²) in [4.78, 5) is 12.0. The first-order valence-corrected chi connectivity index (χ1v) is 6.16. The zero-order valence-electron chi connectivity index (χ0n) is 11.1. The molecule has 0 spiro atoms. The van der Waals surface area contributed by atoms with Gasteiger partial charge >= 0.3 is 0 Å². The lowest BCUT2D eigenvalue weighted by Crippen LogP contribution is -2.22. The average Bonchev–Trinajstić information content (AvgIpc) is 2.93. The molecule has 2 rings (SSSR count). The molecule has 1 heterocycles. The van der Waals surface area contributed by atoms with Crippen molar-refractivity contribution >= 4 is 5.91 Å². The molecule has 0 radical (unpaired) electrons. The number of aryl methyl sites for hydroxylation is 1. The van der Waals surface area contributed by atoms with Crippen molar-refractivity contribution in [3.05, 3.63) is 47.8 Å². The van der Waals surface area contributed by atoms with Crippen LogP contribution < -0.4 is 10.1 Å². The van der Waals surface area contributed by atoms with Crippen LogP contribution in [0.5, 0.6) is 5.75 Å². The molecule has 1 aromatic carbocycles. The first-order chi connectivity index (χ1) is 9.22. The van der Waals surface area contributed by atoms with Crippen LogP contribution >= 0.6 is 0 Å². The van der Waals surface area contributed by atoms with Crippen molar-refractivity contribution < 1.29 is 9.53 Å². The van der Waals surface area contributed by atoms with Gasteiger partial charge < -0.3 is 10.1 Å². The Labute approximate surface area is 112 Å². The van der Waals surface area contributed by atoms with Gasteiger partial charge in [0.2, 0.25) is 0 Å². The minimum absolute atomic E-state index is 0.122. The van der Waals surface area contributed by atoms with Crippen LogP contribution in [0.4, 0.5) is 0 Å². The molecule has 0 saturated carbocycles. The van der Waals surface area contributed by atoms with Crippen molar-refractivity contribution in [2.75, 3.05) is 7.11 Å². The lowest BCUT2D eigenvalue weighted by atomic mass is 10.2. The lowest BCUT2D eigenvalue weighted by molar-refractivity contribution is 0.0950.